The lowest BCUT2D eigenvalue weighted by Gasteiger charge is -2.43. The van der Waals surface area contributed by atoms with Crippen molar-refractivity contribution in [2.24, 2.45) is 15.9 Å². The van der Waals surface area contributed by atoms with Gasteiger partial charge in [-0.05, 0) is 56.7 Å². The van der Waals surface area contributed by atoms with Crippen LogP contribution in [-0.4, -0.2) is 35.8 Å². The summed E-state index contributed by atoms with van der Waals surface area (Å²) in [6, 6.07) is 2.29. The fraction of sp³-hybridized carbons (Fsp3) is 0.529. The lowest BCUT2D eigenvalue weighted by Crippen LogP contribution is -2.56. The molecule has 1 aromatic rings. The van der Waals surface area contributed by atoms with Crippen LogP contribution in [0.4, 0.5) is 0 Å². The van der Waals surface area contributed by atoms with E-state index in [0.29, 0.717) is 5.92 Å². The molecule has 2 atom stereocenters. The summed E-state index contributed by atoms with van der Waals surface area (Å²) in [5.41, 5.74) is 3.96. The van der Waals surface area contributed by atoms with Crippen LogP contribution in [0.1, 0.15) is 37.6 Å². The molecule has 0 amide bonds. The summed E-state index contributed by atoms with van der Waals surface area (Å²) < 4.78 is 0. The Morgan fingerprint density at radius 1 is 1.41 bits per heavy atom. The molecule has 5 heteroatoms. The van der Waals surface area contributed by atoms with E-state index >= 15 is 0 Å². The van der Waals surface area contributed by atoms with Crippen LogP contribution >= 0.6 is 11.3 Å². The molecule has 22 heavy (non-hydrogen) atoms. The predicted octanol–water partition coefficient (Wildman–Crippen LogP) is 3.51. The van der Waals surface area contributed by atoms with Gasteiger partial charge in [0.15, 0.2) is 0 Å². The Labute approximate surface area is 136 Å². The van der Waals surface area contributed by atoms with Crippen molar-refractivity contribution >= 4 is 28.6 Å². The van der Waals surface area contributed by atoms with E-state index in [2.05, 4.69) is 58.6 Å². The third kappa shape index (κ3) is 2.82. The van der Waals surface area contributed by atoms with Crippen LogP contribution in [0, 0.1) is 12.8 Å². The van der Waals surface area contributed by atoms with Crippen molar-refractivity contribution in [2.45, 2.75) is 40.3 Å². The fourth-order valence-corrected chi connectivity index (χ4v) is 4.09. The molecule has 3 heterocycles. The van der Waals surface area contributed by atoms with E-state index in [0.717, 1.165) is 25.5 Å². The van der Waals surface area contributed by atoms with Crippen molar-refractivity contribution in [1.29, 1.82) is 0 Å². The normalized spacial score (nSPS) is 26.4. The highest BCUT2D eigenvalue weighted by molar-refractivity contribution is 7.11. The SMILES string of the molecule is CCN=C1N=C(C)C2CC(c3cc(C)cs3)=CN(CC)C2N1. The zero-order valence-corrected chi connectivity index (χ0v) is 14.6. The predicted molar refractivity (Wildman–Crippen MR) is 95.5 cm³/mol. The molecule has 0 radical (unpaired) electrons. The van der Waals surface area contributed by atoms with Crippen LogP contribution in [0.3, 0.4) is 0 Å². The third-order valence-electron chi connectivity index (χ3n) is 4.32. The van der Waals surface area contributed by atoms with Crippen molar-refractivity contribution in [3.8, 4) is 0 Å². The highest BCUT2D eigenvalue weighted by atomic mass is 32.1. The topological polar surface area (TPSA) is 40.0 Å². The standard InChI is InChI=1S/C17H24N4S/c1-5-18-17-19-12(4)14-8-13(15-7-11(3)10-22-15)9-21(6-2)16(14)20-17/h7,9-10,14,16H,5-6,8H2,1-4H3,(H,18,20). The first-order chi connectivity index (χ1) is 10.6. The molecule has 0 aliphatic carbocycles. The van der Waals surface area contributed by atoms with Crippen LogP contribution in [0.15, 0.2) is 27.6 Å². The van der Waals surface area contributed by atoms with E-state index in [4.69, 9.17) is 0 Å². The molecule has 2 unspecified atom stereocenters. The van der Waals surface area contributed by atoms with Crippen molar-refractivity contribution in [3.63, 3.8) is 0 Å². The molecule has 1 aromatic heterocycles. The number of nitrogens with one attached hydrogen (secondary N) is 1. The van der Waals surface area contributed by atoms with E-state index in [1.807, 2.05) is 18.3 Å². The summed E-state index contributed by atoms with van der Waals surface area (Å²) in [5, 5.41) is 5.74. The van der Waals surface area contributed by atoms with E-state index < -0.39 is 0 Å². The van der Waals surface area contributed by atoms with Gasteiger partial charge in [-0.15, -0.1) is 11.3 Å². The average Bonchev–Trinajstić information content (AvgIpc) is 2.93. The van der Waals surface area contributed by atoms with Gasteiger partial charge in [0.2, 0.25) is 5.96 Å². The number of nitrogens with zero attached hydrogens (tertiary/aromatic N) is 3. The van der Waals surface area contributed by atoms with Crippen molar-refractivity contribution in [1.82, 2.24) is 10.2 Å². The first-order valence-corrected chi connectivity index (χ1v) is 8.88. The molecule has 0 bridgehead atoms. The number of thiophene rings is 1. The van der Waals surface area contributed by atoms with Crippen LogP contribution in [0.2, 0.25) is 0 Å². The van der Waals surface area contributed by atoms with Gasteiger partial charge in [0.25, 0.3) is 0 Å². The Hall–Kier alpha value is -1.62. The second kappa shape index (κ2) is 6.24. The number of rotatable bonds is 3. The highest BCUT2D eigenvalue weighted by Crippen LogP contribution is 2.36. The van der Waals surface area contributed by atoms with Gasteiger partial charge >= 0.3 is 0 Å². The fourth-order valence-electron chi connectivity index (χ4n) is 3.17. The van der Waals surface area contributed by atoms with Crippen molar-refractivity contribution in [3.05, 3.63) is 28.1 Å². The lowest BCUT2D eigenvalue weighted by molar-refractivity contribution is 0.212. The smallest absolute Gasteiger partial charge is 0.219 e. The monoisotopic (exact) mass is 316 g/mol. The largest absolute Gasteiger partial charge is 0.357 e. The minimum Gasteiger partial charge on any atom is -0.357 e. The molecule has 2 aliphatic rings. The first-order valence-electron chi connectivity index (χ1n) is 8.00. The molecule has 2 aliphatic heterocycles. The Bertz CT molecular complexity index is 641. The Balaban J connectivity index is 1.93. The van der Waals surface area contributed by atoms with E-state index in [1.165, 1.54) is 21.7 Å². The van der Waals surface area contributed by atoms with Crippen LogP contribution in [-0.2, 0) is 0 Å². The van der Waals surface area contributed by atoms with E-state index in [-0.39, 0.29) is 6.17 Å². The van der Waals surface area contributed by atoms with Gasteiger partial charge < -0.3 is 10.2 Å². The second-order valence-corrected chi connectivity index (χ2v) is 6.84. The van der Waals surface area contributed by atoms with Crippen molar-refractivity contribution < 1.29 is 0 Å². The van der Waals surface area contributed by atoms with Crippen molar-refractivity contribution in [2.75, 3.05) is 13.1 Å². The molecule has 0 spiro atoms. The number of allylic oxidation sites excluding steroid dienone is 1. The summed E-state index contributed by atoms with van der Waals surface area (Å²) in [6.07, 6.45) is 3.64. The molecule has 0 saturated heterocycles. The van der Waals surface area contributed by atoms with Gasteiger partial charge in [0.05, 0.1) is 0 Å². The summed E-state index contributed by atoms with van der Waals surface area (Å²) >= 11 is 1.84. The summed E-state index contributed by atoms with van der Waals surface area (Å²) in [5.74, 6) is 1.20. The lowest BCUT2D eigenvalue weighted by atomic mass is 9.87. The summed E-state index contributed by atoms with van der Waals surface area (Å²) in [4.78, 5) is 12.9. The number of guanidine groups is 1. The van der Waals surface area contributed by atoms with E-state index in [1.54, 1.807) is 0 Å². The molecule has 3 rings (SSSR count). The van der Waals surface area contributed by atoms with Gasteiger partial charge in [-0.2, -0.15) is 0 Å². The minimum atomic E-state index is 0.276. The van der Waals surface area contributed by atoms with Gasteiger partial charge in [0, 0.05) is 35.8 Å². The number of fused-ring (bicyclic) bond motifs is 1. The zero-order chi connectivity index (χ0) is 15.7. The molecular weight excluding hydrogens is 292 g/mol. The minimum absolute atomic E-state index is 0.276. The number of hydrogen-bond donors (Lipinski definition) is 1. The summed E-state index contributed by atoms with van der Waals surface area (Å²) in [6.45, 7) is 10.3. The molecule has 118 valence electrons. The van der Waals surface area contributed by atoms with Gasteiger partial charge in [-0.3, -0.25) is 4.99 Å². The Morgan fingerprint density at radius 3 is 2.86 bits per heavy atom. The first kappa shape index (κ1) is 15.3. The number of aryl methyl sites for hydroxylation is 1. The number of hydrogen-bond acceptors (Lipinski definition) is 3. The highest BCUT2D eigenvalue weighted by Gasteiger charge is 2.36. The zero-order valence-electron chi connectivity index (χ0n) is 13.8. The summed E-state index contributed by atoms with van der Waals surface area (Å²) in [7, 11) is 0. The second-order valence-electron chi connectivity index (χ2n) is 5.92. The van der Waals surface area contributed by atoms with Gasteiger partial charge in [-0.1, -0.05) is 0 Å². The van der Waals surface area contributed by atoms with Gasteiger partial charge in [0.1, 0.15) is 6.17 Å². The molecular formula is C17H24N4S. The van der Waals surface area contributed by atoms with Crippen LogP contribution in [0.25, 0.3) is 5.57 Å². The number of aliphatic imine (C=N–C) groups is 2. The molecule has 0 saturated carbocycles. The molecule has 0 fully saturated rings. The van der Waals surface area contributed by atoms with Gasteiger partial charge in [-0.25, -0.2) is 4.99 Å². The molecule has 1 N–H and O–H groups in total. The molecule has 4 nitrogen and oxygen atoms in total. The third-order valence-corrected chi connectivity index (χ3v) is 5.44. The Kier molecular flexibility index (Phi) is 4.34. The van der Waals surface area contributed by atoms with E-state index in [9.17, 15) is 0 Å². The Morgan fingerprint density at radius 2 is 2.23 bits per heavy atom. The average molecular weight is 316 g/mol. The maximum Gasteiger partial charge on any atom is 0.219 e. The van der Waals surface area contributed by atoms with Crippen LogP contribution in [0.5, 0.6) is 0 Å². The maximum atomic E-state index is 4.66. The molecule has 0 aromatic carbocycles. The maximum absolute atomic E-state index is 4.66. The quantitative estimate of drug-likeness (QED) is 0.927. The van der Waals surface area contributed by atoms with Crippen LogP contribution < -0.4 is 5.32 Å².